The number of nitrogens with zero attached hydrogens (tertiary/aromatic N) is 4. The molecule has 4 aromatic rings. The van der Waals surface area contributed by atoms with Gasteiger partial charge in [0.15, 0.2) is 0 Å². The molecule has 2 aliphatic rings. The van der Waals surface area contributed by atoms with Crippen molar-refractivity contribution in [3.8, 4) is 17.3 Å². The van der Waals surface area contributed by atoms with Gasteiger partial charge >= 0.3 is 11.8 Å². The van der Waals surface area contributed by atoms with E-state index in [1.54, 1.807) is 24.3 Å². The van der Waals surface area contributed by atoms with Gasteiger partial charge in [0.1, 0.15) is 17.3 Å². The van der Waals surface area contributed by atoms with Crippen LogP contribution in [0.3, 0.4) is 0 Å². The van der Waals surface area contributed by atoms with Gasteiger partial charge in [-0.1, -0.05) is 18.2 Å². The highest BCUT2D eigenvalue weighted by molar-refractivity contribution is 5.97. The predicted molar refractivity (Wildman–Crippen MR) is 121 cm³/mol. The van der Waals surface area contributed by atoms with Crippen LogP contribution < -0.4 is 10.4 Å². The van der Waals surface area contributed by atoms with Crippen LogP contribution in [0.5, 0.6) is 11.6 Å². The van der Waals surface area contributed by atoms with Crippen molar-refractivity contribution in [1.29, 1.82) is 0 Å². The van der Waals surface area contributed by atoms with Crippen LogP contribution in [-0.2, 0) is 0 Å². The maximum absolute atomic E-state index is 13.4. The number of nitro benzene ring substituents is 1. The van der Waals surface area contributed by atoms with Gasteiger partial charge in [-0.3, -0.25) is 19.6 Å². The molecule has 0 spiro atoms. The first-order chi connectivity index (χ1) is 16.8. The first-order valence-electron chi connectivity index (χ1n) is 10.8. The van der Waals surface area contributed by atoms with Crippen molar-refractivity contribution in [3.63, 3.8) is 0 Å². The van der Waals surface area contributed by atoms with Gasteiger partial charge in [0.2, 0.25) is 5.88 Å². The lowest BCUT2D eigenvalue weighted by molar-refractivity contribution is -0.383. The van der Waals surface area contributed by atoms with Crippen LogP contribution in [0, 0.1) is 15.9 Å². The van der Waals surface area contributed by atoms with E-state index in [4.69, 9.17) is 4.74 Å². The zero-order valence-corrected chi connectivity index (χ0v) is 18.0. The van der Waals surface area contributed by atoms with Crippen molar-refractivity contribution in [3.05, 3.63) is 92.8 Å². The summed E-state index contributed by atoms with van der Waals surface area (Å²) in [5.74, 6) is -0.615. The molecule has 0 saturated carbocycles. The molecule has 2 atom stereocenters. The number of imidazole rings is 1. The summed E-state index contributed by atoms with van der Waals surface area (Å²) in [6.45, 7) is 0.210. The Morgan fingerprint density at radius 2 is 1.80 bits per heavy atom. The third-order valence-corrected chi connectivity index (χ3v) is 6.63. The first-order valence-corrected chi connectivity index (χ1v) is 10.8. The fourth-order valence-electron chi connectivity index (χ4n) is 5.15. The Balaban J connectivity index is 1.41. The Hall–Kier alpha value is -4.67. The summed E-state index contributed by atoms with van der Waals surface area (Å²) in [6.07, 6.45) is -0.228. The summed E-state index contributed by atoms with van der Waals surface area (Å²) in [4.78, 5) is 38.6. The molecule has 3 heterocycles. The number of likely N-dealkylation sites (tertiary alicyclic amines) is 1. The van der Waals surface area contributed by atoms with E-state index < -0.39 is 28.6 Å². The number of hydrogen-bond donors (Lipinski definition) is 1. The fraction of sp³-hybridized carbons (Fsp3) is 0.167. The molecule has 0 aliphatic carbocycles. The molecule has 2 bridgehead atoms. The second kappa shape index (κ2) is 7.42. The number of fused-ring (bicyclic) bond motifs is 6. The van der Waals surface area contributed by atoms with Crippen molar-refractivity contribution >= 4 is 22.6 Å². The molecule has 11 heteroatoms. The van der Waals surface area contributed by atoms with Crippen molar-refractivity contribution < 1.29 is 24.0 Å². The lowest BCUT2D eigenvalue weighted by Gasteiger charge is -2.26. The van der Waals surface area contributed by atoms with Gasteiger partial charge in [-0.15, -0.1) is 0 Å². The van der Waals surface area contributed by atoms with Gasteiger partial charge in [0.05, 0.1) is 28.1 Å². The highest BCUT2D eigenvalue weighted by atomic mass is 19.1. The molecular weight excluding hydrogens is 459 g/mol. The van der Waals surface area contributed by atoms with Gasteiger partial charge in [-0.25, -0.2) is 18.5 Å². The number of ether oxygens (including phenoxy) is 1. The van der Waals surface area contributed by atoms with Crippen LogP contribution in [0.25, 0.3) is 16.5 Å². The quantitative estimate of drug-likeness (QED) is 0.352. The van der Waals surface area contributed by atoms with Gasteiger partial charge < -0.3 is 9.84 Å². The standard InChI is InChI=1S/C24H17FN4O6/c25-13-5-7-15(8-6-13)35-24(32)26-12-14-11-20(26)21-22(30)28(23(31)27(14)21)18-9-10-19(29(33)34)17-4-2-1-3-16(17)18/h1-10,14,20,30H,11-12H2. The van der Waals surface area contributed by atoms with Gasteiger partial charge in [-0.2, -0.15) is 0 Å². The minimum Gasteiger partial charge on any atom is -0.493 e. The fourth-order valence-corrected chi connectivity index (χ4v) is 5.15. The van der Waals surface area contributed by atoms with E-state index in [-0.39, 0.29) is 35.6 Å². The second-order valence-electron chi connectivity index (χ2n) is 8.48. The molecule has 1 saturated heterocycles. The average molecular weight is 476 g/mol. The number of rotatable bonds is 3. The summed E-state index contributed by atoms with van der Waals surface area (Å²) < 4.78 is 21.1. The molecule has 1 N–H and O–H groups in total. The number of nitro groups is 1. The van der Waals surface area contributed by atoms with Crippen molar-refractivity contribution in [2.75, 3.05) is 6.54 Å². The molecule has 0 radical (unpaired) electrons. The topological polar surface area (TPSA) is 120 Å². The number of amides is 1. The maximum atomic E-state index is 13.4. The third-order valence-electron chi connectivity index (χ3n) is 6.63. The highest BCUT2D eigenvalue weighted by Crippen LogP contribution is 2.49. The number of benzene rings is 3. The zero-order valence-electron chi connectivity index (χ0n) is 18.0. The Bertz CT molecular complexity index is 1590. The lowest BCUT2D eigenvalue weighted by Crippen LogP contribution is -2.39. The van der Waals surface area contributed by atoms with Crippen LogP contribution in [0.15, 0.2) is 65.5 Å². The van der Waals surface area contributed by atoms with Gasteiger partial charge in [0, 0.05) is 18.0 Å². The molecule has 1 amide bonds. The number of hydrogen-bond acceptors (Lipinski definition) is 6. The van der Waals surface area contributed by atoms with Crippen LogP contribution >= 0.6 is 0 Å². The number of aromatic hydroxyl groups is 1. The molecule has 1 aromatic heterocycles. The number of carbonyl (C=O) groups is 1. The molecule has 176 valence electrons. The summed E-state index contributed by atoms with van der Waals surface area (Å²) in [6, 6.07) is 13.4. The van der Waals surface area contributed by atoms with Crippen LogP contribution in [-0.4, -0.2) is 36.7 Å². The predicted octanol–water partition coefficient (Wildman–Crippen LogP) is 4.05. The van der Waals surface area contributed by atoms with Gasteiger partial charge in [0.25, 0.3) is 5.69 Å². The van der Waals surface area contributed by atoms with Crippen molar-refractivity contribution in [2.45, 2.75) is 18.5 Å². The molecule has 1 fully saturated rings. The van der Waals surface area contributed by atoms with Gasteiger partial charge in [-0.05, 0) is 42.8 Å². The minimum absolute atomic E-state index is 0.113. The lowest BCUT2D eigenvalue weighted by atomic mass is 10.1. The summed E-state index contributed by atoms with van der Waals surface area (Å²) in [7, 11) is 0. The summed E-state index contributed by atoms with van der Waals surface area (Å²) >= 11 is 0. The second-order valence-corrected chi connectivity index (χ2v) is 8.48. The monoisotopic (exact) mass is 476 g/mol. The van der Waals surface area contributed by atoms with E-state index >= 15 is 0 Å². The molecule has 2 unspecified atom stereocenters. The van der Waals surface area contributed by atoms with E-state index in [0.717, 1.165) is 4.57 Å². The minimum atomic E-state index is -0.671. The molecule has 10 nitrogen and oxygen atoms in total. The maximum Gasteiger partial charge on any atom is 0.415 e. The first kappa shape index (κ1) is 20.9. The normalized spacial score (nSPS) is 18.1. The van der Waals surface area contributed by atoms with Crippen LogP contribution in [0.4, 0.5) is 14.9 Å². The molecule has 35 heavy (non-hydrogen) atoms. The largest absolute Gasteiger partial charge is 0.493 e. The number of halogens is 1. The SMILES string of the molecule is O=C(Oc1ccc(F)cc1)N1CC2CC1c1c(O)n(-c3ccc([N+](=O)[O-])c4ccccc34)c(=O)n12. The van der Waals surface area contributed by atoms with Crippen LogP contribution in [0.1, 0.15) is 24.2 Å². The van der Waals surface area contributed by atoms with Crippen molar-refractivity contribution in [1.82, 2.24) is 14.0 Å². The Kier molecular flexibility index (Phi) is 4.43. The smallest absolute Gasteiger partial charge is 0.415 e. The average Bonchev–Trinajstić information content (AvgIpc) is 3.51. The highest BCUT2D eigenvalue weighted by Gasteiger charge is 2.50. The van der Waals surface area contributed by atoms with E-state index in [0.29, 0.717) is 22.9 Å². The van der Waals surface area contributed by atoms with E-state index in [9.17, 15) is 29.2 Å². The number of aromatic nitrogens is 2. The summed E-state index contributed by atoms with van der Waals surface area (Å²) in [5, 5.41) is 23.4. The van der Waals surface area contributed by atoms with Crippen LogP contribution in [0.2, 0.25) is 0 Å². The molecule has 3 aromatic carbocycles. The number of carbonyl (C=O) groups excluding carboxylic acids is 1. The Labute approximate surface area is 196 Å². The molecule has 6 rings (SSSR count). The zero-order chi connectivity index (χ0) is 24.4. The third kappa shape index (κ3) is 3.01. The Morgan fingerprint density at radius 3 is 2.51 bits per heavy atom. The molecule has 2 aliphatic heterocycles. The number of non-ortho nitro benzene ring substituents is 1. The summed E-state index contributed by atoms with van der Waals surface area (Å²) in [5.41, 5.74) is -0.0193. The molecular formula is C24H17FN4O6. The Morgan fingerprint density at radius 1 is 1.09 bits per heavy atom. The van der Waals surface area contributed by atoms with Crippen molar-refractivity contribution in [2.24, 2.45) is 0 Å². The van der Waals surface area contributed by atoms with E-state index in [1.807, 2.05) is 0 Å². The van der Waals surface area contributed by atoms with E-state index in [1.165, 1.54) is 45.9 Å². The van der Waals surface area contributed by atoms with E-state index in [2.05, 4.69) is 0 Å².